The average molecular weight is 484 g/mol. The first-order valence-corrected chi connectivity index (χ1v) is 13.8. The van der Waals surface area contributed by atoms with Crippen molar-refractivity contribution in [3.05, 3.63) is 18.0 Å². The van der Waals surface area contributed by atoms with Gasteiger partial charge in [-0.05, 0) is 105 Å². The monoisotopic (exact) mass is 483 g/mol. The van der Waals surface area contributed by atoms with E-state index in [4.69, 9.17) is 9.47 Å². The highest BCUT2D eigenvalue weighted by atomic mass is 16.5. The smallest absolute Gasteiger partial charge is 0.102 e. The van der Waals surface area contributed by atoms with E-state index in [9.17, 15) is 10.4 Å². The number of nitriles is 1. The molecule has 1 aromatic rings. The first kappa shape index (κ1) is 25.2. The first-order valence-electron chi connectivity index (χ1n) is 13.8. The van der Waals surface area contributed by atoms with Gasteiger partial charge < -0.3 is 14.6 Å². The van der Waals surface area contributed by atoms with Gasteiger partial charge in [-0.2, -0.15) is 10.4 Å². The summed E-state index contributed by atoms with van der Waals surface area (Å²) < 4.78 is 13.6. The summed E-state index contributed by atoms with van der Waals surface area (Å²) in [4.78, 5) is 0. The van der Waals surface area contributed by atoms with E-state index in [0.29, 0.717) is 36.0 Å². The molecule has 4 fully saturated rings. The van der Waals surface area contributed by atoms with Crippen LogP contribution >= 0.6 is 0 Å². The molecule has 0 spiro atoms. The molecular formula is C29H45N3O3. The van der Waals surface area contributed by atoms with Crippen LogP contribution in [0.2, 0.25) is 0 Å². The zero-order chi connectivity index (χ0) is 25.1. The van der Waals surface area contributed by atoms with Gasteiger partial charge in [0.25, 0.3) is 0 Å². The van der Waals surface area contributed by atoms with Gasteiger partial charge in [0.1, 0.15) is 6.07 Å². The fourth-order valence-electron chi connectivity index (χ4n) is 9.87. The lowest BCUT2D eigenvalue weighted by Crippen LogP contribution is -2.58. The third-order valence-corrected chi connectivity index (χ3v) is 11.7. The molecule has 9 atom stereocenters. The highest BCUT2D eigenvalue weighted by Crippen LogP contribution is 2.69. The summed E-state index contributed by atoms with van der Waals surface area (Å²) in [6.07, 6.45) is 14.0. The Morgan fingerprint density at radius 2 is 1.89 bits per heavy atom. The molecule has 6 nitrogen and oxygen atoms in total. The van der Waals surface area contributed by atoms with Crippen LogP contribution in [0.3, 0.4) is 0 Å². The second-order valence-electron chi connectivity index (χ2n) is 13.2. The molecule has 1 heterocycles. The number of rotatable bonds is 6. The maximum atomic E-state index is 11.1. The largest absolute Gasteiger partial charge is 0.387 e. The molecule has 5 rings (SSSR count). The van der Waals surface area contributed by atoms with Gasteiger partial charge in [-0.1, -0.05) is 13.8 Å². The Morgan fingerprint density at radius 3 is 2.57 bits per heavy atom. The van der Waals surface area contributed by atoms with E-state index in [2.05, 4.69) is 31.9 Å². The maximum Gasteiger partial charge on any atom is 0.102 e. The standard InChI is InChI=1S/C29H45N3O3/c1-26-12-13-29(33,19-34-4)14-21(26)6-7-22-23-8-9-25(27(23,2)11-10-24(22)26)28(3,35-5)18-32-17-20(15-30)16-31-32/h16-17,21-25,33H,6-14,18-19H2,1-5H3/t21-,22+,23+,24+,25?,26+,27+,28+,29-/m1/s1. The molecule has 6 heteroatoms. The van der Waals surface area contributed by atoms with Crippen molar-refractivity contribution in [3.63, 3.8) is 0 Å². The van der Waals surface area contributed by atoms with Gasteiger partial charge in [-0.15, -0.1) is 0 Å². The third-order valence-electron chi connectivity index (χ3n) is 11.7. The quantitative estimate of drug-likeness (QED) is 0.602. The van der Waals surface area contributed by atoms with Crippen LogP contribution in [-0.4, -0.2) is 46.9 Å². The molecule has 0 aromatic carbocycles. The minimum atomic E-state index is -0.633. The summed E-state index contributed by atoms with van der Waals surface area (Å²) in [5, 5.41) is 24.8. The van der Waals surface area contributed by atoms with Gasteiger partial charge in [-0.3, -0.25) is 4.68 Å². The number of ether oxygens (including phenoxy) is 2. The van der Waals surface area contributed by atoms with E-state index in [0.717, 1.165) is 37.0 Å². The van der Waals surface area contributed by atoms with E-state index in [-0.39, 0.29) is 11.0 Å². The zero-order valence-corrected chi connectivity index (χ0v) is 22.4. The van der Waals surface area contributed by atoms with Crippen molar-refractivity contribution >= 4 is 0 Å². The Bertz CT molecular complexity index is 973. The summed E-state index contributed by atoms with van der Waals surface area (Å²) in [5.74, 6) is 3.38. The van der Waals surface area contributed by atoms with E-state index in [1.807, 2.05) is 18.0 Å². The minimum Gasteiger partial charge on any atom is -0.387 e. The Morgan fingerprint density at radius 1 is 1.11 bits per heavy atom. The van der Waals surface area contributed by atoms with Crippen molar-refractivity contribution in [1.82, 2.24) is 9.78 Å². The van der Waals surface area contributed by atoms with Gasteiger partial charge in [0.2, 0.25) is 0 Å². The molecule has 0 aliphatic heterocycles. The molecule has 194 valence electrons. The van der Waals surface area contributed by atoms with Crippen molar-refractivity contribution in [1.29, 1.82) is 5.26 Å². The number of hydrogen-bond donors (Lipinski definition) is 1. The molecule has 0 radical (unpaired) electrons. The SMILES string of the molecule is COC[C@@]1(O)CC[C@@]2(C)[C@H](CC[C@@H]3[C@@H]2CC[C@]2(C)C([C@](C)(Cn4cc(C#N)cn4)OC)CC[C@@H]32)C1. The van der Waals surface area contributed by atoms with Gasteiger partial charge in [0.05, 0.1) is 36.1 Å². The van der Waals surface area contributed by atoms with Crippen LogP contribution in [0.5, 0.6) is 0 Å². The fraction of sp³-hybridized carbons (Fsp3) is 0.862. The molecule has 35 heavy (non-hydrogen) atoms. The lowest BCUT2D eigenvalue weighted by atomic mass is 9.43. The molecule has 0 bridgehead atoms. The van der Waals surface area contributed by atoms with Crippen LogP contribution in [0, 0.1) is 51.8 Å². The highest BCUT2D eigenvalue weighted by molar-refractivity contribution is 5.22. The second kappa shape index (κ2) is 8.85. The number of aromatic nitrogens is 2. The Hall–Kier alpha value is -1.42. The topological polar surface area (TPSA) is 80.3 Å². The molecule has 0 saturated heterocycles. The van der Waals surface area contributed by atoms with E-state index >= 15 is 0 Å². The second-order valence-corrected chi connectivity index (χ2v) is 13.2. The van der Waals surface area contributed by atoms with Crippen molar-refractivity contribution in [3.8, 4) is 6.07 Å². The number of hydrogen-bond acceptors (Lipinski definition) is 5. The summed E-state index contributed by atoms with van der Waals surface area (Å²) in [6, 6.07) is 2.20. The third kappa shape index (κ3) is 3.97. The summed E-state index contributed by atoms with van der Waals surface area (Å²) in [6.45, 7) is 8.53. The summed E-state index contributed by atoms with van der Waals surface area (Å²) in [5.41, 5.74) is 0.277. The van der Waals surface area contributed by atoms with Gasteiger partial charge in [0.15, 0.2) is 0 Å². The van der Waals surface area contributed by atoms with Gasteiger partial charge in [-0.25, -0.2) is 0 Å². The highest BCUT2D eigenvalue weighted by Gasteiger charge is 2.63. The Balaban J connectivity index is 1.36. The molecule has 4 aliphatic rings. The van der Waals surface area contributed by atoms with Crippen molar-refractivity contribution in [2.45, 2.75) is 96.3 Å². The molecular weight excluding hydrogens is 438 g/mol. The zero-order valence-electron chi connectivity index (χ0n) is 22.4. The molecule has 1 aromatic heterocycles. The van der Waals surface area contributed by atoms with E-state index in [1.165, 1.54) is 38.5 Å². The van der Waals surface area contributed by atoms with Crippen LogP contribution < -0.4 is 0 Å². The van der Waals surface area contributed by atoms with Crippen LogP contribution in [0.15, 0.2) is 12.4 Å². The van der Waals surface area contributed by atoms with Crippen molar-refractivity contribution in [2.75, 3.05) is 20.8 Å². The van der Waals surface area contributed by atoms with Gasteiger partial charge in [0, 0.05) is 20.4 Å². The molecule has 4 saturated carbocycles. The molecule has 1 unspecified atom stereocenters. The predicted molar refractivity (Wildman–Crippen MR) is 134 cm³/mol. The van der Waals surface area contributed by atoms with E-state index < -0.39 is 5.60 Å². The first-order chi connectivity index (χ1) is 16.6. The maximum absolute atomic E-state index is 11.1. The Kier molecular flexibility index (Phi) is 6.38. The number of fused-ring (bicyclic) bond motifs is 5. The summed E-state index contributed by atoms with van der Waals surface area (Å²) in [7, 11) is 3.57. The van der Waals surface area contributed by atoms with Crippen LogP contribution in [0.25, 0.3) is 0 Å². The minimum absolute atomic E-state index is 0.270. The van der Waals surface area contributed by atoms with Crippen molar-refractivity contribution < 1.29 is 14.6 Å². The van der Waals surface area contributed by atoms with Gasteiger partial charge >= 0.3 is 0 Å². The molecule has 0 amide bonds. The Labute approximate surface area is 211 Å². The normalized spacial score (nSPS) is 44.5. The molecule has 1 N–H and O–H groups in total. The number of nitrogens with zero attached hydrogens (tertiary/aromatic N) is 3. The van der Waals surface area contributed by atoms with Crippen LogP contribution in [-0.2, 0) is 16.0 Å². The van der Waals surface area contributed by atoms with Crippen LogP contribution in [0.4, 0.5) is 0 Å². The van der Waals surface area contributed by atoms with E-state index in [1.54, 1.807) is 13.3 Å². The fourth-order valence-corrected chi connectivity index (χ4v) is 9.87. The van der Waals surface area contributed by atoms with Crippen LogP contribution in [0.1, 0.15) is 84.1 Å². The predicted octanol–water partition coefficient (Wildman–Crippen LogP) is 5.20. The number of methoxy groups -OCH3 is 2. The average Bonchev–Trinajstić information content (AvgIpc) is 3.43. The summed E-state index contributed by atoms with van der Waals surface area (Å²) >= 11 is 0. The number of aliphatic hydroxyl groups is 1. The van der Waals surface area contributed by atoms with Crippen molar-refractivity contribution in [2.24, 2.45) is 40.4 Å². The molecule has 4 aliphatic carbocycles. The lowest BCUT2D eigenvalue weighted by Gasteiger charge is -2.62. The lowest BCUT2D eigenvalue weighted by molar-refractivity contribution is -0.173.